The second kappa shape index (κ2) is 6.02. The zero-order valence-corrected chi connectivity index (χ0v) is 11.7. The van der Waals surface area contributed by atoms with Crippen molar-refractivity contribution in [3.05, 3.63) is 17.8 Å². The van der Waals surface area contributed by atoms with Gasteiger partial charge in [-0.1, -0.05) is 0 Å². The number of nitrogens with one attached hydrogen (secondary N) is 2. The van der Waals surface area contributed by atoms with E-state index >= 15 is 0 Å². The molecular formula is C14H21N3O2. The highest BCUT2D eigenvalue weighted by molar-refractivity contribution is 5.93. The molecule has 2 N–H and O–H groups in total. The molecule has 2 atom stereocenters. The van der Waals surface area contributed by atoms with Gasteiger partial charge in [0.1, 0.15) is 5.69 Å². The molecule has 0 aliphatic carbocycles. The van der Waals surface area contributed by atoms with Crippen molar-refractivity contribution in [1.82, 2.24) is 10.3 Å². The van der Waals surface area contributed by atoms with E-state index in [0.29, 0.717) is 17.6 Å². The highest BCUT2D eigenvalue weighted by atomic mass is 16.5. The van der Waals surface area contributed by atoms with E-state index in [4.69, 9.17) is 4.74 Å². The molecule has 0 radical (unpaired) electrons. The molecule has 5 heteroatoms. The summed E-state index contributed by atoms with van der Waals surface area (Å²) in [6.45, 7) is 4.94. The van der Waals surface area contributed by atoms with Crippen LogP contribution in [-0.2, 0) is 4.79 Å². The predicted octanol–water partition coefficient (Wildman–Crippen LogP) is 1.73. The Labute approximate surface area is 113 Å². The van der Waals surface area contributed by atoms with E-state index in [9.17, 15) is 4.79 Å². The van der Waals surface area contributed by atoms with Crippen LogP contribution in [0.15, 0.2) is 12.3 Å². The van der Waals surface area contributed by atoms with Crippen molar-refractivity contribution in [2.45, 2.75) is 32.7 Å². The first kappa shape index (κ1) is 13.8. The highest BCUT2D eigenvalue weighted by Crippen LogP contribution is 2.24. The summed E-state index contributed by atoms with van der Waals surface area (Å²) >= 11 is 0. The Kier molecular flexibility index (Phi) is 4.37. The number of methoxy groups -OCH3 is 1. The fourth-order valence-corrected chi connectivity index (χ4v) is 2.41. The van der Waals surface area contributed by atoms with E-state index in [-0.39, 0.29) is 11.8 Å². The van der Waals surface area contributed by atoms with Gasteiger partial charge in [-0.25, -0.2) is 4.98 Å². The minimum absolute atomic E-state index is 0.0547. The van der Waals surface area contributed by atoms with E-state index in [0.717, 1.165) is 24.9 Å². The number of amides is 1. The lowest BCUT2D eigenvalue weighted by Crippen LogP contribution is -2.40. The fourth-order valence-electron chi connectivity index (χ4n) is 2.41. The molecule has 104 valence electrons. The number of aromatic nitrogens is 1. The smallest absolute Gasteiger partial charge is 0.237 e. The molecule has 1 aromatic rings. The Morgan fingerprint density at radius 3 is 3.05 bits per heavy atom. The van der Waals surface area contributed by atoms with Gasteiger partial charge in [-0.15, -0.1) is 0 Å². The van der Waals surface area contributed by atoms with Crippen LogP contribution in [0.3, 0.4) is 0 Å². The summed E-state index contributed by atoms with van der Waals surface area (Å²) in [5.74, 6) is 0.571. The lowest BCUT2D eigenvalue weighted by molar-refractivity contribution is -0.120. The number of anilines is 1. The molecule has 1 aromatic heterocycles. The molecule has 2 heterocycles. The van der Waals surface area contributed by atoms with E-state index in [1.54, 1.807) is 13.3 Å². The zero-order chi connectivity index (χ0) is 13.8. The molecule has 1 aliphatic heterocycles. The van der Waals surface area contributed by atoms with Gasteiger partial charge in [0.2, 0.25) is 11.8 Å². The van der Waals surface area contributed by atoms with Crippen LogP contribution in [0.1, 0.15) is 25.3 Å². The fraction of sp³-hybridized carbons (Fsp3) is 0.571. The van der Waals surface area contributed by atoms with Gasteiger partial charge < -0.3 is 15.4 Å². The first-order valence-corrected chi connectivity index (χ1v) is 6.65. The maximum absolute atomic E-state index is 12.3. The average molecular weight is 263 g/mol. The summed E-state index contributed by atoms with van der Waals surface area (Å²) in [6.07, 6.45) is 3.46. The Morgan fingerprint density at radius 2 is 2.37 bits per heavy atom. The topological polar surface area (TPSA) is 63.2 Å². The number of piperidine rings is 1. The monoisotopic (exact) mass is 263 g/mol. The number of pyridine rings is 1. The van der Waals surface area contributed by atoms with E-state index < -0.39 is 0 Å². The molecule has 0 aromatic carbocycles. The van der Waals surface area contributed by atoms with Gasteiger partial charge >= 0.3 is 0 Å². The SMILES string of the molecule is COc1ncc(C)cc1NC(=O)[C@H]1CCN[C@@H](C)C1. The summed E-state index contributed by atoms with van der Waals surface area (Å²) < 4.78 is 5.17. The quantitative estimate of drug-likeness (QED) is 0.871. The number of carbonyl (C=O) groups is 1. The largest absolute Gasteiger partial charge is 0.480 e. The number of nitrogens with zero attached hydrogens (tertiary/aromatic N) is 1. The van der Waals surface area contributed by atoms with Crippen molar-refractivity contribution in [3.63, 3.8) is 0 Å². The van der Waals surface area contributed by atoms with Gasteiger partial charge in [-0.3, -0.25) is 4.79 Å². The molecule has 0 spiro atoms. The number of hydrogen-bond acceptors (Lipinski definition) is 4. The third kappa shape index (κ3) is 3.44. The second-order valence-electron chi connectivity index (χ2n) is 5.14. The van der Waals surface area contributed by atoms with Crippen molar-refractivity contribution in [2.75, 3.05) is 19.0 Å². The van der Waals surface area contributed by atoms with Gasteiger partial charge in [-0.05, 0) is 44.9 Å². The maximum Gasteiger partial charge on any atom is 0.237 e. The number of carbonyl (C=O) groups excluding carboxylic acids is 1. The van der Waals surface area contributed by atoms with Crippen LogP contribution < -0.4 is 15.4 Å². The van der Waals surface area contributed by atoms with Crippen LogP contribution in [0.2, 0.25) is 0 Å². The van der Waals surface area contributed by atoms with Crippen molar-refractivity contribution in [2.24, 2.45) is 5.92 Å². The Balaban J connectivity index is 2.07. The number of rotatable bonds is 3. The molecule has 1 saturated heterocycles. The second-order valence-corrected chi connectivity index (χ2v) is 5.14. The summed E-state index contributed by atoms with van der Waals surface area (Å²) in [5, 5.41) is 6.28. The van der Waals surface area contributed by atoms with Crippen LogP contribution >= 0.6 is 0 Å². The number of aryl methyl sites for hydroxylation is 1. The van der Waals surface area contributed by atoms with Crippen LogP contribution in [0.4, 0.5) is 5.69 Å². The van der Waals surface area contributed by atoms with Crippen LogP contribution in [0, 0.1) is 12.8 Å². The predicted molar refractivity (Wildman–Crippen MR) is 74.3 cm³/mol. The molecule has 2 rings (SSSR count). The van der Waals surface area contributed by atoms with Crippen LogP contribution in [0.5, 0.6) is 5.88 Å². The average Bonchev–Trinajstić information content (AvgIpc) is 2.39. The minimum atomic E-state index is 0.0547. The Morgan fingerprint density at radius 1 is 1.58 bits per heavy atom. The molecule has 1 fully saturated rings. The Hall–Kier alpha value is -1.62. The van der Waals surface area contributed by atoms with Gasteiger partial charge in [0.15, 0.2) is 0 Å². The van der Waals surface area contributed by atoms with Gasteiger partial charge in [-0.2, -0.15) is 0 Å². The highest BCUT2D eigenvalue weighted by Gasteiger charge is 2.25. The van der Waals surface area contributed by atoms with E-state index in [2.05, 4.69) is 22.5 Å². The van der Waals surface area contributed by atoms with Crippen LogP contribution in [0.25, 0.3) is 0 Å². The molecule has 0 unspecified atom stereocenters. The van der Waals surface area contributed by atoms with Crippen molar-refractivity contribution < 1.29 is 9.53 Å². The van der Waals surface area contributed by atoms with Gasteiger partial charge in [0, 0.05) is 18.2 Å². The molecule has 1 amide bonds. The molecule has 5 nitrogen and oxygen atoms in total. The maximum atomic E-state index is 12.3. The summed E-state index contributed by atoms with van der Waals surface area (Å²) in [7, 11) is 1.56. The third-order valence-electron chi connectivity index (χ3n) is 3.43. The third-order valence-corrected chi connectivity index (χ3v) is 3.43. The van der Waals surface area contributed by atoms with Crippen molar-refractivity contribution in [1.29, 1.82) is 0 Å². The van der Waals surface area contributed by atoms with E-state index in [1.807, 2.05) is 13.0 Å². The van der Waals surface area contributed by atoms with Gasteiger partial charge in [0.05, 0.1) is 7.11 Å². The normalized spacial score (nSPS) is 22.9. The Bertz CT molecular complexity index is 462. The van der Waals surface area contributed by atoms with Crippen molar-refractivity contribution >= 4 is 11.6 Å². The minimum Gasteiger partial charge on any atom is -0.480 e. The number of hydrogen-bond donors (Lipinski definition) is 2. The van der Waals surface area contributed by atoms with Crippen molar-refractivity contribution in [3.8, 4) is 5.88 Å². The molecule has 19 heavy (non-hydrogen) atoms. The summed E-state index contributed by atoms with van der Waals surface area (Å²) in [6, 6.07) is 2.27. The molecule has 1 aliphatic rings. The molecule has 0 saturated carbocycles. The zero-order valence-electron chi connectivity index (χ0n) is 11.7. The standard InChI is InChI=1S/C14H21N3O2/c1-9-6-12(14(19-3)16-8-9)17-13(18)11-4-5-15-10(2)7-11/h6,8,10-11,15H,4-5,7H2,1-3H3,(H,17,18)/t10-,11-/m0/s1. The first-order valence-electron chi connectivity index (χ1n) is 6.65. The van der Waals surface area contributed by atoms with Crippen LogP contribution in [-0.4, -0.2) is 30.6 Å². The van der Waals surface area contributed by atoms with Gasteiger partial charge in [0.25, 0.3) is 0 Å². The molecular weight excluding hydrogens is 242 g/mol. The molecule has 0 bridgehead atoms. The first-order chi connectivity index (χ1) is 9.10. The lowest BCUT2D eigenvalue weighted by Gasteiger charge is -2.27. The number of ether oxygens (including phenoxy) is 1. The lowest BCUT2D eigenvalue weighted by atomic mass is 9.92. The van der Waals surface area contributed by atoms with E-state index in [1.165, 1.54) is 0 Å². The summed E-state index contributed by atoms with van der Waals surface area (Å²) in [4.78, 5) is 16.4. The summed E-state index contributed by atoms with van der Waals surface area (Å²) in [5.41, 5.74) is 1.65.